The number of carbonyl (C=O) groups is 1. The second-order valence-corrected chi connectivity index (χ2v) is 5.51. The normalized spacial score (nSPS) is 12.5. The number of aliphatic hydroxyl groups is 1. The molecule has 0 aromatic heterocycles. The first-order chi connectivity index (χ1) is 6.55. The van der Waals surface area contributed by atoms with Crippen molar-refractivity contribution in [2.75, 3.05) is 13.1 Å². The van der Waals surface area contributed by atoms with E-state index in [0.29, 0.717) is 13.1 Å². The Labute approximate surface area is 92.7 Å². The number of carbonyl (C=O) groups excluding carboxylic acids is 1. The number of nitrogens with zero attached hydrogens (tertiary/aromatic N) is 1. The maximum atomic E-state index is 11.8. The van der Waals surface area contributed by atoms with E-state index in [0.717, 1.165) is 0 Å². The van der Waals surface area contributed by atoms with Crippen molar-refractivity contribution < 1.29 is 9.90 Å². The second kappa shape index (κ2) is 4.84. The van der Waals surface area contributed by atoms with Crippen LogP contribution in [-0.2, 0) is 0 Å². The number of rotatable bonds is 3. The third-order valence-corrected chi connectivity index (χ3v) is 1.73. The van der Waals surface area contributed by atoms with Gasteiger partial charge >= 0.3 is 6.03 Å². The number of hydrogen-bond donors (Lipinski definition) is 2. The molecular formula is C11H24N2O2. The molecule has 0 aromatic rings. The van der Waals surface area contributed by atoms with Crippen LogP contribution in [0.1, 0.15) is 41.5 Å². The third-order valence-electron chi connectivity index (χ3n) is 1.73. The van der Waals surface area contributed by atoms with Crippen LogP contribution < -0.4 is 5.32 Å². The summed E-state index contributed by atoms with van der Waals surface area (Å²) >= 11 is 0. The Morgan fingerprint density at radius 1 is 1.27 bits per heavy atom. The van der Waals surface area contributed by atoms with Gasteiger partial charge in [0, 0.05) is 12.1 Å². The predicted molar refractivity (Wildman–Crippen MR) is 61.8 cm³/mol. The number of likely N-dealkylation sites (N-methyl/N-ethyl adjacent to an activating group) is 1. The molecule has 0 atom stereocenters. The zero-order valence-electron chi connectivity index (χ0n) is 10.7. The Hall–Kier alpha value is -0.770. The van der Waals surface area contributed by atoms with Crippen LogP contribution in [0.4, 0.5) is 4.79 Å². The summed E-state index contributed by atoms with van der Waals surface area (Å²) in [6.07, 6.45) is 0. The van der Waals surface area contributed by atoms with Gasteiger partial charge in [0.05, 0.1) is 12.1 Å². The van der Waals surface area contributed by atoms with Gasteiger partial charge in [0.2, 0.25) is 0 Å². The smallest absolute Gasteiger partial charge is 0.317 e. The number of nitrogens with one attached hydrogen (secondary N) is 1. The summed E-state index contributed by atoms with van der Waals surface area (Å²) < 4.78 is 0. The van der Waals surface area contributed by atoms with Crippen molar-refractivity contribution in [1.29, 1.82) is 0 Å². The molecule has 0 heterocycles. The van der Waals surface area contributed by atoms with Crippen LogP contribution in [0, 0.1) is 0 Å². The van der Waals surface area contributed by atoms with Crippen molar-refractivity contribution in [2.45, 2.75) is 52.7 Å². The summed E-state index contributed by atoms with van der Waals surface area (Å²) in [6, 6.07) is -0.132. The first kappa shape index (κ1) is 14.2. The molecule has 0 aliphatic heterocycles. The van der Waals surface area contributed by atoms with E-state index in [2.05, 4.69) is 5.32 Å². The van der Waals surface area contributed by atoms with Crippen LogP contribution in [0.25, 0.3) is 0 Å². The summed E-state index contributed by atoms with van der Waals surface area (Å²) in [7, 11) is 0. The van der Waals surface area contributed by atoms with E-state index in [4.69, 9.17) is 0 Å². The molecule has 0 rings (SSSR count). The molecule has 0 bridgehead atoms. The highest BCUT2D eigenvalue weighted by Crippen LogP contribution is 2.07. The minimum Gasteiger partial charge on any atom is -0.389 e. The maximum Gasteiger partial charge on any atom is 0.317 e. The topological polar surface area (TPSA) is 52.6 Å². The van der Waals surface area contributed by atoms with E-state index in [1.807, 2.05) is 27.7 Å². The second-order valence-electron chi connectivity index (χ2n) is 5.51. The molecule has 0 unspecified atom stereocenters. The van der Waals surface area contributed by atoms with E-state index in [-0.39, 0.29) is 11.6 Å². The van der Waals surface area contributed by atoms with Crippen LogP contribution in [0.2, 0.25) is 0 Å². The first-order valence-corrected chi connectivity index (χ1v) is 5.34. The van der Waals surface area contributed by atoms with E-state index < -0.39 is 5.60 Å². The number of amides is 2. The summed E-state index contributed by atoms with van der Waals surface area (Å²) in [5.74, 6) is 0. The molecule has 2 N–H and O–H groups in total. The quantitative estimate of drug-likeness (QED) is 0.752. The number of hydrogen-bond acceptors (Lipinski definition) is 2. The minimum absolute atomic E-state index is 0.132. The van der Waals surface area contributed by atoms with Gasteiger partial charge in [-0.3, -0.25) is 0 Å². The Kier molecular flexibility index (Phi) is 4.59. The summed E-state index contributed by atoms with van der Waals surface area (Å²) in [6.45, 7) is 12.0. The Morgan fingerprint density at radius 3 is 2.00 bits per heavy atom. The van der Waals surface area contributed by atoms with Gasteiger partial charge in [-0.25, -0.2) is 4.79 Å². The Balaban J connectivity index is 4.36. The lowest BCUT2D eigenvalue weighted by molar-refractivity contribution is 0.0470. The fourth-order valence-corrected chi connectivity index (χ4v) is 1.19. The van der Waals surface area contributed by atoms with Gasteiger partial charge in [0.25, 0.3) is 0 Å². The van der Waals surface area contributed by atoms with Gasteiger partial charge in [-0.05, 0) is 41.5 Å². The van der Waals surface area contributed by atoms with E-state index in [1.54, 1.807) is 18.7 Å². The Bertz CT molecular complexity index is 214. The van der Waals surface area contributed by atoms with E-state index >= 15 is 0 Å². The summed E-state index contributed by atoms with van der Waals surface area (Å²) in [4.78, 5) is 13.4. The largest absolute Gasteiger partial charge is 0.389 e. The van der Waals surface area contributed by atoms with Crippen LogP contribution in [0.5, 0.6) is 0 Å². The molecule has 4 nitrogen and oxygen atoms in total. The molecule has 0 aliphatic carbocycles. The Morgan fingerprint density at radius 2 is 1.73 bits per heavy atom. The molecule has 0 aliphatic rings. The fourth-order valence-electron chi connectivity index (χ4n) is 1.19. The third kappa shape index (κ3) is 7.19. The van der Waals surface area contributed by atoms with Crippen molar-refractivity contribution >= 4 is 6.03 Å². The average Bonchev–Trinajstić information content (AvgIpc) is 1.94. The van der Waals surface area contributed by atoms with Gasteiger partial charge in [0.1, 0.15) is 0 Å². The van der Waals surface area contributed by atoms with Crippen LogP contribution in [0.15, 0.2) is 0 Å². The molecule has 15 heavy (non-hydrogen) atoms. The lowest BCUT2D eigenvalue weighted by Crippen LogP contribution is -2.51. The fraction of sp³-hybridized carbons (Fsp3) is 0.909. The molecule has 0 saturated heterocycles. The molecule has 2 amide bonds. The van der Waals surface area contributed by atoms with Gasteiger partial charge in [-0.1, -0.05) is 0 Å². The minimum atomic E-state index is -0.856. The van der Waals surface area contributed by atoms with Crippen molar-refractivity contribution in [3.63, 3.8) is 0 Å². The number of urea groups is 1. The maximum absolute atomic E-state index is 11.8. The highest BCUT2D eigenvalue weighted by Gasteiger charge is 2.23. The zero-order valence-corrected chi connectivity index (χ0v) is 10.7. The van der Waals surface area contributed by atoms with Crippen molar-refractivity contribution in [2.24, 2.45) is 0 Å². The van der Waals surface area contributed by atoms with Crippen LogP contribution >= 0.6 is 0 Å². The lowest BCUT2D eigenvalue weighted by atomic mass is 10.1. The van der Waals surface area contributed by atoms with Crippen molar-refractivity contribution in [3.8, 4) is 0 Å². The van der Waals surface area contributed by atoms with E-state index in [9.17, 15) is 9.90 Å². The van der Waals surface area contributed by atoms with E-state index in [1.165, 1.54) is 0 Å². The molecule has 0 spiro atoms. The highest BCUT2D eigenvalue weighted by molar-refractivity contribution is 5.75. The molecular weight excluding hydrogens is 192 g/mol. The summed E-state index contributed by atoms with van der Waals surface area (Å²) in [5, 5.41) is 12.5. The van der Waals surface area contributed by atoms with Gasteiger partial charge < -0.3 is 15.3 Å². The highest BCUT2D eigenvalue weighted by atomic mass is 16.3. The van der Waals surface area contributed by atoms with Gasteiger partial charge in [0.15, 0.2) is 0 Å². The zero-order chi connectivity index (χ0) is 12.3. The molecule has 90 valence electrons. The molecule has 4 heteroatoms. The van der Waals surface area contributed by atoms with Gasteiger partial charge in [-0.2, -0.15) is 0 Å². The SMILES string of the molecule is CCN(CC(C)(C)O)C(=O)NC(C)(C)C. The van der Waals surface area contributed by atoms with Crippen molar-refractivity contribution in [3.05, 3.63) is 0 Å². The molecule has 0 aromatic carbocycles. The first-order valence-electron chi connectivity index (χ1n) is 5.34. The summed E-state index contributed by atoms with van der Waals surface area (Å²) in [5.41, 5.74) is -1.10. The van der Waals surface area contributed by atoms with Crippen molar-refractivity contribution in [1.82, 2.24) is 10.2 Å². The van der Waals surface area contributed by atoms with Crippen LogP contribution in [0.3, 0.4) is 0 Å². The lowest BCUT2D eigenvalue weighted by Gasteiger charge is -2.31. The monoisotopic (exact) mass is 216 g/mol. The van der Waals surface area contributed by atoms with Gasteiger partial charge in [-0.15, -0.1) is 0 Å². The molecule has 0 radical (unpaired) electrons. The standard InChI is InChI=1S/C11H24N2O2/c1-7-13(8-11(5,6)15)9(14)12-10(2,3)4/h15H,7-8H2,1-6H3,(H,12,14). The van der Waals surface area contributed by atoms with Crippen LogP contribution in [-0.4, -0.2) is 40.3 Å². The molecule has 0 saturated carbocycles. The molecule has 0 fully saturated rings. The predicted octanol–water partition coefficient (Wildman–Crippen LogP) is 1.59. The average molecular weight is 216 g/mol.